The van der Waals surface area contributed by atoms with Crippen LogP contribution in [-0.4, -0.2) is 216 Å². The highest BCUT2D eigenvalue weighted by atomic mass is 16.6. The summed E-state index contributed by atoms with van der Waals surface area (Å²) in [6, 6.07) is 7.04. The Bertz CT molecular complexity index is 2830. The third-order valence-electron chi connectivity index (χ3n) is 13.8. The first-order valence-corrected chi connectivity index (χ1v) is 25.1. The summed E-state index contributed by atoms with van der Waals surface area (Å²) in [7, 11) is 6.74. The van der Waals surface area contributed by atoms with Crippen LogP contribution in [0.5, 0.6) is 11.5 Å². The van der Waals surface area contributed by atoms with Crippen LogP contribution in [0, 0.1) is 0 Å². The number of anilines is 3. The molecule has 27 nitrogen and oxygen atoms in total. The summed E-state index contributed by atoms with van der Waals surface area (Å²) in [5.74, 6) is -2.17. The van der Waals surface area contributed by atoms with Crippen LogP contribution in [0.1, 0.15) is 86.4 Å². The molecule has 0 spiro atoms. The minimum Gasteiger partial charge on any atom is -0.493 e. The number of nitrogens with one attached hydrogen (secondary N) is 4. The van der Waals surface area contributed by atoms with Crippen LogP contribution in [0.25, 0.3) is 0 Å². The first-order chi connectivity index (χ1) is 36.8. The van der Waals surface area contributed by atoms with E-state index in [1.54, 1.807) is 30.3 Å². The number of benzene rings is 1. The van der Waals surface area contributed by atoms with E-state index in [0.29, 0.717) is 42.3 Å². The highest BCUT2D eigenvalue weighted by Crippen LogP contribution is 2.39. The van der Waals surface area contributed by atoms with Gasteiger partial charge in [0.2, 0.25) is 5.91 Å². The summed E-state index contributed by atoms with van der Waals surface area (Å²) < 4.78 is 26.6. The summed E-state index contributed by atoms with van der Waals surface area (Å²) in [4.78, 5) is 76.6. The molecule has 0 saturated carbocycles. The molecule has 3 fully saturated rings. The Labute approximate surface area is 441 Å². The van der Waals surface area contributed by atoms with Gasteiger partial charge in [-0.15, -0.1) is 0 Å². The number of carbonyl (C=O) groups is 5. The highest BCUT2D eigenvalue weighted by molar-refractivity contribution is 6.08. The number of aliphatic imine (C=N–C) groups is 1. The molecule has 27 heteroatoms. The predicted octanol–water partition coefficient (Wildman–Crippen LogP) is -1.11. The van der Waals surface area contributed by atoms with Gasteiger partial charge in [0, 0.05) is 57.4 Å². The van der Waals surface area contributed by atoms with Gasteiger partial charge in [-0.1, -0.05) is 0 Å². The molecule has 0 bridgehead atoms. The van der Waals surface area contributed by atoms with Gasteiger partial charge in [0.15, 0.2) is 24.0 Å². The van der Waals surface area contributed by atoms with Crippen molar-refractivity contribution >= 4 is 58.5 Å². The Morgan fingerprint density at radius 1 is 0.727 bits per heavy atom. The molecule has 0 aliphatic carbocycles. The van der Waals surface area contributed by atoms with Crippen molar-refractivity contribution in [3.8, 4) is 11.5 Å². The van der Waals surface area contributed by atoms with Crippen LogP contribution < -0.4 is 30.7 Å². The van der Waals surface area contributed by atoms with Crippen LogP contribution in [0.15, 0.2) is 53.9 Å². The van der Waals surface area contributed by atoms with Gasteiger partial charge in [-0.3, -0.25) is 29.0 Å². The molecule has 3 aromatic heterocycles. The van der Waals surface area contributed by atoms with Crippen LogP contribution in [0.3, 0.4) is 0 Å². The van der Waals surface area contributed by atoms with Crippen molar-refractivity contribution in [2.75, 3.05) is 76.6 Å². The van der Waals surface area contributed by atoms with Crippen LogP contribution >= 0.6 is 0 Å². The van der Waals surface area contributed by atoms with E-state index in [1.165, 1.54) is 48.5 Å². The van der Waals surface area contributed by atoms with E-state index in [0.717, 1.165) is 22.0 Å². The van der Waals surface area contributed by atoms with Crippen LogP contribution in [-0.2, 0) is 21.3 Å². The topological polar surface area (TPSA) is 366 Å². The zero-order valence-electron chi connectivity index (χ0n) is 42.8. The van der Waals surface area contributed by atoms with Crippen molar-refractivity contribution in [2.24, 2.45) is 12.0 Å². The minimum atomic E-state index is -1.90. The number of hydrogen-bond acceptors (Lipinski definition) is 19. The van der Waals surface area contributed by atoms with E-state index in [4.69, 9.17) is 18.9 Å². The second-order valence-electron chi connectivity index (χ2n) is 19.5. The number of carbonyl (C=O) groups excluding carboxylic acids is 5. The standard InChI is InChI=1S/C50H66N10O17/c1-56(2)11-7-10-51-45(70)32-15-26(21-59(32)49-43(68)41(66)39(64)36(23-61)76-49)55-47(72)33-16-27(22-60(33)50-44(69)42(67)40(65)37(24-62)77-50)54-46(71)31-14-25(20-57(31)3)53-38(63)9-6-13-75-35-18-30-29(17-34(35)74-4)48(73)58-12-5-8-28(58)19-52-30/h14-22,28,36-37,39-44,49-50,61-62,64-69H,5-13,23-24H2,1-4H3,(H,51,70)(H,53,63)(H,54,71)(H,55,72)/t28-,36-,37-,39-,40-,41+,42+,43-,44-,49+,50+/m1/s1. The van der Waals surface area contributed by atoms with Gasteiger partial charge >= 0.3 is 0 Å². The number of amides is 5. The molecule has 12 N–H and O–H groups in total. The number of hydrogen-bond donors (Lipinski definition) is 12. The third-order valence-corrected chi connectivity index (χ3v) is 13.8. The van der Waals surface area contributed by atoms with Gasteiger partial charge < -0.3 is 105 Å². The lowest BCUT2D eigenvalue weighted by atomic mass is 9.98. The average Bonchev–Trinajstić information content (AvgIpc) is 4.24. The maximum atomic E-state index is 14.4. The fourth-order valence-corrected chi connectivity index (χ4v) is 9.70. The highest BCUT2D eigenvalue weighted by Gasteiger charge is 2.47. The van der Waals surface area contributed by atoms with Gasteiger partial charge in [-0.25, -0.2) is 0 Å². The quantitative estimate of drug-likeness (QED) is 0.0467. The molecule has 0 radical (unpaired) electrons. The van der Waals surface area contributed by atoms with E-state index in [9.17, 15) is 64.8 Å². The summed E-state index contributed by atoms with van der Waals surface area (Å²) >= 11 is 0. The fraction of sp³-hybridized carbons (Fsp3) is 0.520. The Balaban J connectivity index is 0.971. The van der Waals surface area contributed by atoms with Crippen molar-refractivity contribution in [2.45, 2.75) is 99.4 Å². The molecular weight excluding hydrogens is 1010 g/mol. The van der Waals surface area contributed by atoms with E-state index in [-0.39, 0.29) is 78.0 Å². The molecule has 7 heterocycles. The van der Waals surface area contributed by atoms with Gasteiger partial charge in [0.05, 0.1) is 61.3 Å². The van der Waals surface area contributed by atoms with E-state index in [1.807, 2.05) is 19.0 Å². The summed E-state index contributed by atoms with van der Waals surface area (Å²) in [5, 5.41) is 95.3. The van der Waals surface area contributed by atoms with Crippen molar-refractivity contribution in [1.29, 1.82) is 0 Å². The number of nitrogens with zero attached hydrogens (tertiary/aromatic N) is 6. The fourth-order valence-electron chi connectivity index (χ4n) is 9.70. The van der Waals surface area contributed by atoms with Crippen LogP contribution in [0.4, 0.5) is 22.7 Å². The Hall–Kier alpha value is -6.76. The number of fused-ring (bicyclic) bond motifs is 2. The number of methoxy groups -OCH3 is 1. The van der Waals surface area contributed by atoms with Crippen molar-refractivity contribution in [1.82, 2.24) is 28.8 Å². The molecule has 418 valence electrons. The molecule has 1 aromatic carbocycles. The van der Waals surface area contributed by atoms with E-state index < -0.39 is 92.2 Å². The molecule has 77 heavy (non-hydrogen) atoms. The number of aliphatic hydroxyl groups excluding tert-OH is 8. The monoisotopic (exact) mass is 1080 g/mol. The van der Waals surface area contributed by atoms with E-state index in [2.05, 4.69) is 26.3 Å². The summed E-state index contributed by atoms with van der Waals surface area (Å²) in [6.07, 6.45) is -8.57. The number of aromatic nitrogens is 3. The third kappa shape index (κ3) is 12.2. The second kappa shape index (κ2) is 24.3. The van der Waals surface area contributed by atoms with Gasteiger partial charge in [-0.2, -0.15) is 0 Å². The molecule has 11 atom stereocenters. The molecule has 4 aliphatic rings. The molecule has 8 rings (SSSR count). The molecule has 4 aliphatic heterocycles. The van der Waals surface area contributed by atoms with Crippen molar-refractivity contribution in [3.63, 3.8) is 0 Å². The van der Waals surface area contributed by atoms with Gasteiger partial charge in [-0.05, 0) is 70.6 Å². The average molecular weight is 1080 g/mol. The minimum absolute atomic E-state index is 0.0251. The predicted molar refractivity (Wildman–Crippen MR) is 272 cm³/mol. The van der Waals surface area contributed by atoms with Crippen molar-refractivity contribution in [3.05, 3.63) is 71.6 Å². The second-order valence-corrected chi connectivity index (χ2v) is 19.5. The molecule has 5 amide bonds. The lowest BCUT2D eigenvalue weighted by Crippen LogP contribution is -2.56. The maximum absolute atomic E-state index is 14.4. The SMILES string of the molecule is COc1cc2c(cc1OCCCC(=O)Nc1cc(C(=O)Nc3cc(C(=O)Nc4cc(C(=O)NCCCN(C)C)n([C@H]5O[C@H](CO)[C@@H](O)[C@H](O)[C@H]5O)c4)n([C@H]4O[C@H](CO)[C@@H](O)[C@H](O)[C@H]4O)c3)n(C)c1)N=C[C@H]1CCCN1C2=O. The number of aliphatic hydroxyl groups is 8. The molecular formula is C50H66N10O17. The zero-order valence-corrected chi connectivity index (χ0v) is 42.8. The summed E-state index contributed by atoms with van der Waals surface area (Å²) in [6.45, 7) is 0.0448. The Morgan fingerprint density at radius 3 is 1.88 bits per heavy atom. The van der Waals surface area contributed by atoms with Crippen LogP contribution in [0.2, 0.25) is 0 Å². The number of aryl methyl sites for hydroxylation is 1. The normalized spacial score (nSPS) is 26.0. The van der Waals surface area contributed by atoms with Gasteiger partial charge in [0.1, 0.15) is 65.9 Å². The molecule has 3 saturated heterocycles. The smallest absolute Gasteiger partial charge is 0.272 e. The molecule has 4 aromatic rings. The number of rotatable bonds is 20. The maximum Gasteiger partial charge on any atom is 0.272 e. The largest absolute Gasteiger partial charge is 0.493 e. The summed E-state index contributed by atoms with van der Waals surface area (Å²) in [5.41, 5.74) is 0.569. The zero-order chi connectivity index (χ0) is 55.4. The van der Waals surface area contributed by atoms with E-state index >= 15 is 0 Å². The molecule has 0 unspecified atom stereocenters. The first kappa shape index (κ1) is 56.4. The van der Waals surface area contributed by atoms with Crippen molar-refractivity contribution < 1.29 is 83.8 Å². The first-order valence-electron chi connectivity index (χ1n) is 25.1. The number of ether oxygens (including phenoxy) is 4. The van der Waals surface area contributed by atoms with Gasteiger partial charge in [0.25, 0.3) is 23.6 Å². The lowest BCUT2D eigenvalue weighted by molar-refractivity contribution is -0.251. The Kier molecular flexibility index (Phi) is 17.8. The lowest BCUT2D eigenvalue weighted by Gasteiger charge is -2.41. The Morgan fingerprint density at radius 2 is 1.30 bits per heavy atom.